The largest absolute Gasteiger partial charge is 0.311 e. The van der Waals surface area contributed by atoms with Crippen molar-refractivity contribution in [2.24, 2.45) is 0 Å². The Morgan fingerprint density at radius 2 is 2.00 bits per heavy atom. The van der Waals surface area contributed by atoms with Crippen LogP contribution in [0.15, 0.2) is 29.2 Å². The number of hydrogen-bond acceptors (Lipinski definition) is 2. The normalized spacial score (nSPS) is 33.5. The summed E-state index contributed by atoms with van der Waals surface area (Å²) < 4.78 is 0. The van der Waals surface area contributed by atoms with Crippen LogP contribution in [-0.2, 0) is 0 Å². The highest BCUT2D eigenvalue weighted by atomic mass is 32.2. The number of thioether (sulfide) groups is 1. The molecule has 3 rings (SSSR count). The fraction of sp³-hybridized carbons (Fsp3) is 0.538. The van der Waals surface area contributed by atoms with Crippen LogP contribution in [0.3, 0.4) is 0 Å². The molecular weight excluding hydrogens is 202 g/mol. The van der Waals surface area contributed by atoms with E-state index in [1.165, 1.54) is 29.7 Å². The van der Waals surface area contributed by atoms with Gasteiger partial charge in [-0.05, 0) is 43.2 Å². The van der Waals surface area contributed by atoms with Gasteiger partial charge in [-0.3, -0.25) is 0 Å². The molecule has 1 N–H and O–H groups in total. The van der Waals surface area contributed by atoms with Gasteiger partial charge in [0.1, 0.15) is 0 Å². The van der Waals surface area contributed by atoms with Crippen molar-refractivity contribution in [1.82, 2.24) is 5.32 Å². The van der Waals surface area contributed by atoms with Crippen LogP contribution in [0.5, 0.6) is 0 Å². The Bertz CT molecular complexity index is 346. The van der Waals surface area contributed by atoms with E-state index in [1.807, 2.05) is 11.8 Å². The first-order chi connectivity index (χ1) is 7.36. The highest BCUT2D eigenvalue weighted by molar-refractivity contribution is 7.98. The quantitative estimate of drug-likeness (QED) is 0.767. The van der Waals surface area contributed by atoms with E-state index < -0.39 is 0 Å². The van der Waals surface area contributed by atoms with Crippen LogP contribution in [-0.4, -0.2) is 18.3 Å². The van der Waals surface area contributed by atoms with E-state index in [4.69, 9.17) is 0 Å². The standard InChI is InChI=1S/C13H17NS/c1-15-11-5-2-9(3-6-11)12-8-10-4-7-13(12)14-10/h2-3,5-6,10,12-14H,4,7-8H2,1H3. The van der Waals surface area contributed by atoms with Gasteiger partial charge in [-0.2, -0.15) is 0 Å². The van der Waals surface area contributed by atoms with Crippen molar-refractivity contribution in [3.05, 3.63) is 29.8 Å². The zero-order chi connectivity index (χ0) is 10.3. The van der Waals surface area contributed by atoms with Gasteiger partial charge in [0.2, 0.25) is 0 Å². The van der Waals surface area contributed by atoms with Crippen LogP contribution in [0.2, 0.25) is 0 Å². The molecule has 0 spiro atoms. The molecule has 0 saturated carbocycles. The molecule has 80 valence electrons. The predicted octanol–water partition coefficient (Wildman–Crippen LogP) is 3.02. The molecule has 3 unspecified atom stereocenters. The maximum atomic E-state index is 3.70. The van der Waals surface area contributed by atoms with Gasteiger partial charge in [-0.25, -0.2) is 0 Å². The molecule has 3 atom stereocenters. The van der Waals surface area contributed by atoms with Crippen LogP contribution in [0, 0.1) is 0 Å². The van der Waals surface area contributed by atoms with Crippen molar-refractivity contribution in [2.75, 3.05) is 6.26 Å². The van der Waals surface area contributed by atoms with Gasteiger partial charge in [-0.1, -0.05) is 12.1 Å². The van der Waals surface area contributed by atoms with E-state index in [1.54, 1.807) is 0 Å². The number of fused-ring (bicyclic) bond motifs is 2. The highest BCUT2D eigenvalue weighted by Crippen LogP contribution is 2.40. The van der Waals surface area contributed by atoms with Crippen LogP contribution < -0.4 is 5.32 Å². The van der Waals surface area contributed by atoms with Crippen LogP contribution in [0.1, 0.15) is 30.7 Å². The van der Waals surface area contributed by atoms with E-state index in [9.17, 15) is 0 Å². The van der Waals surface area contributed by atoms with E-state index >= 15 is 0 Å². The number of rotatable bonds is 2. The highest BCUT2D eigenvalue weighted by Gasteiger charge is 2.39. The molecule has 2 fully saturated rings. The van der Waals surface area contributed by atoms with E-state index in [0.29, 0.717) is 0 Å². The zero-order valence-corrected chi connectivity index (χ0v) is 9.89. The maximum Gasteiger partial charge on any atom is 0.0139 e. The molecule has 0 radical (unpaired) electrons. The SMILES string of the molecule is CSc1ccc(C2CC3CCC2N3)cc1. The van der Waals surface area contributed by atoms with Gasteiger partial charge in [0.15, 0.2) is 0 Å². The summed E-state index contributed by atoms with van der Waals surface area (Å²) >= 11 is 1.82. The molecule has 0 aliphatic carbocycles. The first-order valence-electron chi connectivity index (χ1n) is 5.77. The van der Waals surface area contributed by atoms with Crippen LogP contribution in [0.25, 0.3) is 0 Å². The minimum Gasteiger partial charge on any atom is -0.311 e. The average Bonchev–Trinajstić information content (AvgIpc) is 2.91. The lowest BCUT2D eigenvalue weighted by Crippen LogP contribution is -2.21. The lowest BCUT2D eigenvalue weighted by molar-refractivity contribution is 0.506. The van der Waals surface area contributed by atoms with Gasteiger partial charge in [0.05, 0.1) is 0 Å². The summed E-state index contributed by atoms with van der Waals surface area (Å²) in [5, 5.41) is 3.70. The summed E-state index contributed by atoms with van der Waals surface area (Å²) in [5.74, 6) is 0.777. The first kappa shape index (κ1) is 9.73. The lowest BCUT2D eigenvalue weighted by atomic mass is 9.84. The van der Waals surface area contributed by atoms with Crippen molar-refractivity contribution >= 4 is 11.8 Å². The number of nitrogens with one attached hydrogen (secondary N) is 1. The summed E-state index contributed by atoms with van der Waals surface area (Å²) in [5.41, 5.74) is 1.53. The van der Waals surface area contributed by atoms with Crippen LogP contribution >= 0.6 is 11.8 Å². The van der Waals surface area contributed by atoms with Crippen molar-refractivity contribution in [2.45, 2.75) is 42.2 Å². The van der Waals surface area contributed by atoms with Gasteiger partial charge in [0.25, 0.3) is 0 Å². The van der Waals surface area contributed by atoms with Gasteiger partial charge in [0, 0.05) is 22.9 Å². The fourth-order valence-electron chi connectivity index (χ4n) is 3.04. The summed E-state index contributed by atoms with van der Waals surface area (Å²) in [6.07, 6.45) is 6.25. The Hall–Kier alpha value is -0.470. The minimum absolute atomic E-state index is 0.759. The third kappa shape index (κ3) is 1.70. The summed E-state index contributed by atoms with van der Waals surface area (Å²) in [6, 6.07) is 10.7. The molecule has 2 bridgehead atoms. The first-order valence-corrected chi connectivity index (χ1v) is 6.99. The van der Waals surface area contributed by atoms with Crippen molar-refractivity contribution in [1.29, 1.82) is 0 Å². The molecule has 0 aromatic heterocycles. The smallest absolute Gasteiger partial charge is 0.0139 e. The molecule has 2 aliphatic rings. The number of hydrogen-bond donors (Lipinski definition) is 1. The molecule has 2 heterocycles. The second kappa shape index (κ2) is 3.84. The Morgan fingerprint density at radius 1 is 1.20 bits per heavy atom. The fourth-order valence-corrected chi connectivity index (χ4v) is 3.45. The lowest BCUT2D eigenvalue weighted by Gasteiger charge is -2.20. The molecule has 2 aliphatic heterocycles. The molecular formula is C13H17NS. The summed E-state index contributed by atoms with van der Waals surface area (Å²) in [6.45, 7) is 0. The third-order valence-corrected chi connectivity index (χ3v) is 4.59. The molecule has 1 aromatic carbocycles. The molecule has 1 aromatic rings. The Morgan fingerprint density at radius 3 is 2.53 bits per heavy atom. The van der Waals surface area contributed by atoms with Crippen molar-refractivity contribution in [3.8, 4) is 0 Å². The topological polar surface area (TPSA) is 12.0 Å². The summed E-state index contributed by atoms with van der Waals surface area (Å²) in [7, 11) is 0. The summed E-state index contributed by atoms with van der Waals surface area (Å²) in [4.78, 5) is 1.37. The molecule has 2 saturated heterocycles. The monoisotopic (exact) mass is 219 g/mol. The molecule has 1 nitrogen and oxygen atoms in total. The minimum atomic E-state index is 0.759. The Labute approximate surface area is 95.6 Å². The predicted molar refractivity (Wildman–Crippen MR) is 65.5 cm³/mol. The average molecular weight is 219 g/mol. The maximum absolute atomic E-state index is 3.70. The van der Waals surface area contributed by atoms with Gasteiger partial charge >= 0.3 is 0 Å². The molecule has 15 heavy (non-hydrogen) atoms. The van der Waals surface area contributed by atoms with Crippen molar-refractivity contribution < 1.29 is 0 Å². The van der Waals surface area contributed by atoms with E-state index in [-0.39, 0.29) is 0 Å². The van der Waals surface area contributed by atoms with E-state index in [0.717, 1.165) is 18.0 Å². The zero-order valence-electron chi connectivity index (χ0n) is 9.07. The number of benzene rings is 1. The second-order valence-corrected chi connectivity index (χ2v) is 5.54. The van der Waals surface area contributed by atoms with Crippen LogP contribution in [0.4, 0.5) is 0 Å². The Kier molecular flexibility index (Phi) is 2.49. The Balaban J connectivity index is 1.81. The van der Waals surface area contributed by atoms with Gasteiger partial charge < -0.3 is 5.32 Å². The molecule has 0 amide bonds. The van der Waals surface area contributed by atoms with Gasteiger partial charge in [-0.15, -0.1) is 11.8 Å². The van der Waals surface area contributed by atoms with Crippen molar-refractivity contribution in [3.63, 3.8) is 0 Å². The molecule has 2 heteroatoms. The second-order valence-electron chi connectivity index (χ2n) is 4.66. The van der Waals surface area contributed by atoms with E-state index in [2.05, 4.69) is 35.8 Å². The third-order valence-electron chi connectivity index (χ3n) is 3.84.